The van der Waals surface area contributed by atoms with Crippen molar-refractivity contribution in [3.63, 3.8) is 0 Å². The minimum atomic E-state index is -0.468. The van der Waals surface area contributed by atoms with E-state index in [0.29, 0.717) is 24.7 Å². The van der Waals surface area contributed by atoms with Crippen LogP contribution in [0.5, 0.6) is 11.5 Å². The van der Waals surface area contributed by atoms with Crippen molar-refractivity contribution in [3.8, 4) is 17.6 Å². The fourth-order valence-electron chi connectivity index (χ4n) is 2.29. The number of amides is 1. The summed E-state index contributed by atoms with van der Waals surface area (Å²) in [5.74, 6) is 1.00. The second kappa shape index (κ2) is 10.5. The molecule has 0 bridgehead atoms. The summed E-state index contributed by atoms with van der Waals surface area (Å²) < 4.78 is 12.9. The van der Waals surface area contributed by atoms with Crippen LogP contribution in [-0.4, -0.2) is 19.1 Å². The van der Waals surface area contributed by atoms with E-state index >= 15 is 0 Å². The van der Waals surface area contributed by atoms with Crippen molar-refractivity contribution in [2.45, 2.75) is 13.8 Å². The molecule has 0 unspecified atom stereocenters. The number of hydrogen-bond acceptors (Lipinski definition) is 4. The van der Waals surface area contributed by atoms with Gasteiger partial charge in [-0.2, -0.15) is 5.26 Å². The first kappa shape index (κ1) is 21.5. The van der Waals surface area contributed by atoms with Crippen molar-refractivity contribution in [2.24, 2.45) is 0 Å². The van der Waals surface area contributed by atoms with Crippen molar-refractivity contribution < 1.29 is 14.3 Å². The van der Waals surface area contributed by atoms with Gasteiger partial charge in [-0.05, 0) is 94.9 Å². The molecule has 0 aliphatic rings. The SMILES string of the molecule is CCOc1cccc(NC(=O)/C(C#N)=C\c2cc(I)c(OCC)c(I)c2)c1. The van der Waals surface area contributed by atoms with Gasteiger partial charge in [-0.25, -0.2) is 0 Å². The lowest BCUT2D eigenvalue weighted by atomic mass is 10.1. The smallest absolute Gasteiger partial charge is 0.266 e. The van der Waals surface area contributed by atoms with Crippen molar-refractivity contribution in [1.82, 2.24) is 0 Å². The lowest BCUT2D eigenvalue weighted by Crippen LogP contribution is -2.13. The molecule has 0 spiro atoms. The number of nitriles is 1. The topological polar surface area (TPSA) is 71.3 Å². The molecule has 0 radical (unpaired) electrons. The minimum Gasteiger partial charge on any atom is -0.494 e. The van der Waals surface area contributed by atoms with Crippen LogP contribution in [0.4, 0.5) is 5.69 Å². The molecule has 0 saturated carbocycles. The number of hydrogen-bond donors (Lipinski definition) is 1. The number of anilines is 1. The molecule has 2 rings (SSSR count). The summed E-state index contributed by atoms with van der Waals surface area (Å²) >= 11 is 4.37. The molecule has 0 saturated heterocycles. The highest BCUT2D eigenvalue weighted by atomic mass is 127. The van der Waals surface area contributed by atoms with Crippen molar-refractivity contribution in [2.75, 3.05) is 18.5 Å². The molecule has 0 heterocycles. The molecule has 27 heavy (non-hydrogen) atoms. The Morgan fingerprint density at radius 2 is 1.81 bits per heavy atom. The first-order valence-corrected chi connectivity index (χ1v) is 10.4. The fraction of sp³-hybridized carbons (Fsp3) is 0.200. The summed E-state index contributed by atoms with van der Waals surface area (Å²) in [6, 6.07) is 12.8. The molecule has 2 aromatic carbocycles. The van der Waals surface area contributed by atoms with Gasteiger partial charge < -0.3 is 14.8 Å². The summed E-state index contributed by atoms with van der Waals surface area (Å²) in [5.41, 5.74) is 1.36. The standard InChI is InChI=1S/C20H18I2N2O3/c1-3-26-16-7-5-6-15(11-16)24-20(25)14(12-23)8-13-9-17(21)19(27-4-2)18(22)10-13/h5-11H,3-4H2,1-2H3,(H,24,25)/b14-8-. The van der Waals surface area contributed by atoms with Crippen LogP contribution in [0.3, 0.4) is 0 Å². The molecular weight excluding hydrogens is 570 g/mol. The highest BCUT2D eigenvalue weighted by molar-refractivity contribution is 14.1. The average molecular weight is 588 g/mol. The number of halogens is 2. The van der Waals surface area contributed by atoms with Crippen LogP contribution in [0.15, 0.2) is 42.0 Å². The molecule has 140 valence electrons. The van der Waals surface area contributed by atoms with Crippen LogP contribution in [-0.2, 0) is 4.79 Å². The summed E-state index contributed by atoms with van der Waals surface area (Å²) in [4.78, 5) is 12.5. The Morgan fingerprint density at radius 1 is 1.15 bits per heavy atom. The molecule has 2 aromatic rings. The number of rotatable bonds is 7. The Morgan fingerprint density at radius 3 is 2.41 bits per heavy atom. The Kier molecular flexibility index (Phi) is 8.37. The molecule has 0 aromatic heterocycles. The molecule has 1 amide bonds. The maximum absolute atomic E-state index is 12.5. The van der Waals surface area contributed by atoms with Gasteiger partial charge in [0, 0.05) is 11.8 Å². The predicted octanol–water partition coefficient (Wildman–Crippen LogP) is 5.24. The third-order valence-electron chi connectivity index (χ3n) is 3.39. The molecular formula is C20H18I2N2O3. The van der Waals surface area contributed by atoms with Gasteiger partial charge in [0.2, 0.25) is 0 Å². The van der Waals surface area contributed by atoms with Crippen LogP contribution in [0.25, 0.3) is 6.08 Å². The highest BCUT2D eigenvalue weighted by Crippen LogP contribution is 2.30. The van der Waals surface area contributed by atoms with Crippen LogP contribution >= 0.6 is 45.2 Å². The van der Waals surface area contributed by atoms with E-state index in [-0.39, 0.29) is 5.57 Å². The maximum Gasteiger partial charge on any atom is 0.266 e. The second-order valence-corrected chi connectivity index (χ2v) is 7.66. The van der Waals surface area contributed by atoms with E-state index in [4.69, 9.17) is 9.47 Å². The molecule has 0 fully saturated rings. The summed E-state index contributed by atoms with van der Waals surface area (Å²) in [7, 11) is 0. The normalized spacial score (nSPS) is 10.9. The average Bonchev–Trinajstić information content (AvgIpc) is 2.63. The Labute approximate surface area is 186 Å². The molecule has 1 N–H and O–H groups in total. The number of nitrogens with one attached hydrogen (secondary N) is 1. The lowest BCUT2D eigenvalue weighted by Gasteiger charge is -2.10. The quantitative estimate of drug-likeness (QED) is 0.273. The first-order chi connectivity index (χ1) is 13.0. The first-order valence-electron chi connectivity index (χ1n) is 8.26. The van der Waals surface area contributed by atoms with E-state index in [1.165, 1.54) is 0 Å². The monoisotopic (exact) mass is 588 g/mol. The van der Waals surface area contributed by atoms with E-state index in [2.05, 4.69) is 50.5 Å². The summed E-state index contributed by atoms with van der Waals surface area (Å²) in [6.07, 6.45) is 1.57. The number of carbonyl (C=O) groups is 1. The van der Waals surface area contributed by atoms with Gasteiger partial charge in [-0.1, -0.05) is 6.07 Å². The van der Waals surface area contributed by atoms with E-state index in [0.717, 1.165) is 18.5 Å². The van der Waals surface area contributed by atoms with Crippen molar-refractivity contribution in [3.05, 3.63) is 54.7 Å². The van der Waals surface area contributed by atoms with Gasteiger partial charge in [0.25, 0.3) is 5.91 Å². The van der Waals surface area contributed by atoms with E-state index in [1.807, 2.05) is 38.1 Å². The predicted molar refractivity (Wildman–Crippen MR) is 123 cm³/mol. The number of benzene rings is 2. The zero-order chi connectivity index (χ0) is 19.8. The highest BCUT2D eigenvalue weighted by Gasteiger charge is 2.12. The van der Waals surface area contributed by atoms with E-state index in [9.17, 15) is 10.1 Å². The third-order valence-corrected chi connectivity index (χ3v) is 4.99. The zero-order valence-electron chi connectivity index (χ0n) is 14.9. The maximum atomic E-state index is 12.5. The van der Waals surface area contributed by atoms with Crippen LogP contribution in [0.2, 0.25) is 0 Å². The Hall–Kier alpha value is -1.80. The van der Waals surface area contributed by atoms with Gasteiger partial charge in [-0.15, -0.1) is 0 Å². The zero-order valence-corrected chi connectivity index (χ0v) is 19.2. The van der Waals surface area contributed by atoms with Crippen LogP contribution in [0, 0.1) is 18.5 Å². The largest absolute Gasteiger partial charge is 0.494 e. The Balaban J connectivity index is 2.24. The summed E-state index contributed by atoms with van der Waals surface area (Å²) in [6.45, 7) is 4.93. The second-order valence-electron chi connectivity index (χ2n) is 5.33. The van der Waals surface area contributed by atoms with Crippen LogP contribution < -0.4 is 14.8 Å². The molecule has 5 nitrogen and oxygen atoms in total. The van der Waals surface area contributed by atoms with Crippen molar-refractivity contribution in [1.29, 1.82) is 5.26 Å². The molecule has 0 aliphatic carbocycles. The van der Waals surface area contributed by atoms with Gasteiger partial charge >= 0.3 is 0 Å². The number of ether oxygens (including phenoxy) is 2. The summed E-state index contributed by atoms with van der Waals surface area (Å²) in [5, 5.41) is 12.2. The number of carbonyl (C=O) groups excluding carboxylic acids is 1. The minimum absolute atomic E-state index is 0.0209. The molecule has 7 heteroatoms. The molecule has 0 aliphatic heterocycles. The third kappa shape index (κ3) is 6.10. The van der Waals surface area contributed by atoms with E-state index in [1.54, 1.807) is 24.3 Å². The van der Waals surface area contributed by atoms with Gasteiger partial charge in [-0.3, -0.25) is 4.79 Å². The Bertz CT molecular complexity index is 881. The molecule has 0 atom stereocenters. The lowest BCUT2D eigenvalue weighted by molar-refractivity contribution is -0.112. The van der Waals surface area contributed by atoms with Gasteiger partial charge in [0.15, 0.2) is 0 Å². The van der Waals surface area contributed by atoms with Gasteiger partial charge in [0.05, 0.1) is 20.4 Å². The number of nitrogens with zero attached hydrogens (tertiary/aromatic N) is 1. The van der Waals surface area contributed by atoms with E-state index < -0.39 is 5.91 Å². The fourth-order valence-corrected chi connectivity index (χ4v) is 4.42. The van der Waals surface area contributed by atoms with Gasteiger partial charge in [0.1, 0.15) is 23.1 Å². The van der Waals surface area contributed by atoms with Crippen LogP contribution in [0.1, 0.15) is 19.4 Å². The van der Waals surface area contributed by atoms with Crippen molar-refractivity contribution >= 4 is 62.9 Å².